The van der Waals surface area contributed by atoms with Crippen LogP contribution in [0.3, 0.4) is 0 Å². The van der Waals surface area contributed by atoms with E-state index in [0.29, 0.717) is 24.7 Å². The molecular weight excluding hydrogens is 500 g/mol. The van der Waals surface area contributed by atoms with Gasteiger partial charge in [-0.05, 0) is 54.3 Å². The van der Waals surface area contributed by atoms with Gasteiger partial charge in [0.1, 0.15) is 23.9 Å². The summed E-state index contributed by atoms with van der Waals surface area (Å²) in [5.41, 5.74) is 3.74. The summed E-state index contributed by atoms with van der Waals surface area (Å²) in [5.74, 6) is 3.30. The Kier molecular flexibility index (Phi) is 7.55. The number of hydrogen-bond acceptors (Lipinski definition) is 7. The molecule has 9 heteroatoms. The minimum atomic E-state index is -0.382. The number of nitrogens with one attached hydrogen (secondary N) is 2. The molecule has 1 fully saturated rings. The Labute approximate surface area is 225 Å². The van der Waals surface area contributed by atoms with Crippen molar-refractivity contribution in [2.75, 3.05) is 11.9 Å². The summed E-state index contributed by atoms with van der Waals surface area (Å²) < 4.78 is 14.2. The molecule has 2 amide bonds. The SMILES string of the molecule is CC(C)CNc1ccccc1Oc1ccc2nc(COc3ccc(CC4SC(=O)NC4=O)cc3)n(C)c2c1. The number of para-hydroxylation sites is 2. The van der Waals surface area contributed by atoms with E-state index in [1.165, 1.54) is 0 Å². The van der Waals surface area contributed by atoms with Crippen LogP contribution in [0, 0.1) is 5.92 Å². The van der Waals surface area contributed by atoms with Gasteiger partial charge in [-0.15, -0.1) is 0 Å². The van der Waals surface area contributed by atoms with Crippen LogP contribution in [-0.4, -0.2) is 32.5 Å². The first-order chi connectivity index (χ1) is 18.4. The molecule has 4 aromatic rings. The number of imidazole rings is 1. The average molecular weight is 531 g/mol. The fourth-order valence-corrected chi connectivity index (χ4v) is 5.03. The maximum absolute atomic E-state index is 11.8. The maximum Gasteiger partial charge on any atom is 0.286 e. The number of nitrogens with zero attached hydrogens (tertiary/aromatic N) is 2. The summed E-state index contributed by atoms with van der Waals surface area (Å²) in [6, 6.07) is 21.4. The van der Waals surface area contributed by atoms with Gasteiger partial charge in [0.15, 0.2) is 5.75 Å². The number of carbonyl (C=O) groups excluding carboxylic acids is 2. The van der Waals surface area contributed by atoms with Crippen molar-refractivity contribution in [2.24, 2.45) is 13.0 Å². The van der Waals surface area contributed by atoms with Gasteiger partial charge in [0.25, 0.3) is 5.24 Å². The number of aryl methyl sites for hydroxylation is 1. The first-order valence-corrected chi connectivity index (χ1v) is 13.4. The van der Waals surface area contributed by atoms with Crippen LogP contribution in [0.25, 0.3) is 11.0 Å². The van der Waals surface area contributed by atoms with Crippen LogP contribution in [0.4, 0.5) is 10.5 Å². The minimum absolute atomic E-state index is 0.234. The van der Waals surface area contributed by atoms with Gasteiger partial charge in [-0.2, -0.15) is 0 Å². The van der Waals surface area contributed by atoms with E-state index in [1.807, 2.05) is 78.3 Å². The van der Waals surface area contributed by atoms with Crippen LogP contribution in [0.1, 0.15) is 25.2 Å². The second kappa shape index (κ2) is 11.2. The quantitative estimate of drug-likeness (QED) is 0.263. The number of rotatable bonds is 10. The van der Waals surface area contributed by atoms with Crippen molar-refractivity contribution in [3.05, 3.63) is 78.1 Å². The minimum Gasteiger partial charge on any atom is -0.486 e. The van der Waals surface area contributed by atoms with Gasteiger partial charge < -0.3 is 19.4 Å². The molecule has 8 nitrogen and oxygen atoms in total. The Bertz CT molecular complexity index is 1470. The Hall–Kier alpha value is -3.98. The predicted molar refractivity (Wildman–Crippen MR) is 150 cm³/mol. The molecule has 5 rings (SSSR count). The van der Waals surface area contributed by atoms with Crippen LogP contribution < -0.4 is 20.1 Å². The number of imide groups is 1. The number of ether oxygens (including phenoxy) is 2. The molecular formula is C29H30N4O4S. The maximum atomic E-state index is 11.8. The first-order valence-electron chi connectivity index (χ1n) is 12.5. The number of aromatic nitrogens is 2. The molecule has 1 aromatic heterocycles. The first kappa shape index (κ1) is 25.7. The van der Waals surface area contributed by atoms with Crippen molar-refractivity contribution in [3.63, 3.8) is 0 Å². The monoisotopic (exact) mass is 530 g/mol. The zero-order valence-electron chi connectivity index (χ0n) is 21.6. The molecule has 0 spiro atoms. The van der Waals surface area contributed by atoms with E-state index >= 15 is 0 Å². The molecule has 1 saturated heterocycles. The molecule has 0 bridgehead atoms. The summed E-state index contributed by atoms with van der Waals surface area (Å²) in [6.45, 7) is 5.51. The lowest BCUT2D eigenvalue weighted by atomic mass is 10.1. The summed E-state index contributed by atoms with van der Waals surface area (Å²) in [4.78, 5) is 27.9. The largest absolute Gasteiger partial charge is 0.486 e. The highest BCUT2D eigenvalue weighted by atomic mass is 32.2. The molecule has 2 N–H and O–H groups in total. The summed E-state index contributed by atoms with van der Waals surface area (Å²) in [7, 11) is 1.96. The zero-order valence-corrected chi connectivity index (χ0v) is 22.4. The third kappa shape index (κ3) is 5.94. The van der Waals surface area contributed by atoms with E-state index in [-0.39, 0.29) is 16.4 Å². The van der Waals surface area contributed by atoms with E-state index in [4.69, 9.17) is 14.5 Å². The van der Waals surface area contributed by atoms with E-state index in [9.17, 15) is 9.59 Å². The molecule has 0 radical (unpaired) electrons. The van der Waals surface area contributed by atoms with Crippen LogP contribution in [0.15, 0.2) is 66.7 Å². The van der Waals surface area contributed by atoms with Gasteiger partial charge in [0.2, 0.25) is 5.91 Å². The fourth-order valence-electron chi connectivity index (χ4n) is 4.17. The number of carbonyl (C=O) groups is 2. The smallest absolute Gasteiger partial charge is 0.286 e. The third-order valence-electron chi connectivity index (χ3n) is 6.24. The standard InChI is InChI=1S/C29H30N4O4S/c1-18(2)16-30-23-6-4-5-7-25(23)37-21-12-13-22-24(15-21)33(3)27(31-22)17-36-20-10-8-19(9-11-20)14-26-28(34)32-29(35)38-26/h4-13,15,18,26,30H,14,16-17H2,1-3H3,(H,32,34,35). The molecule has 38 heavy (non-hydrogen) atoms. The molecule has 0 saturated carbocycles. The summed E-state index contributed by atoms with van der Waals surface area (Å²) in [5, 5.41) is 5.10. The van der Waals surface area contributed by atoms with E-state index in [0.717, 1.165) is 57.9 Å². The van der Waals surface area contributed by atoms with Gasteiger partial charge in [0.05, 0.1) is 22.0 Å². The normalized spacial score (nSPS) is 15.2. The van der Waals surface area contributed by atoms with Gasteiger partial charge in [-0.25, -0.2) is 4.98 Å². The number of hydrogen-bond donors (Lipinski definition) is 2. The molecule has 1 unspecified atom stereocenters. The number of amides is 2. The van der Waals surface area contributed by atoms with Crippen molar-refractivity contribution in [1.29, 1.82) is 0 Å². The van der Waals surface area contributed by atoms with Crippen LogP contribution >= 0.6 is 11.8 Å². The Morgan fingerprint density at radius 2 is 1.82 bits per heavy atom. The molecule has 3 aromatic carbocycles. The molecule has 2 heterocycles. The van der Waals surface area contributed by atoms with Crippen LogP contribution in [-0.2, 0) is 24.9 Å². The van der Waals surface area contributed by atoms with E-state index < -0.39 is 0 Å². The number of anilines is 1. The van der Waals surface area contributed by atoms with Crippen molar-refractivity contribution in [2.45, 2.75) is 32.1 Å². The van der Waals surface area contributed by atoms with Crippen molar-refractivity contribution in [3.8, 4) is 17.2 Å². The molecule has 1 aliphatic rings. The Balaban J connectivity index is 1.24. The molecule has 0 aliphatic carbocycles. The summed E-state index contributed by atoms with van der Waals surface area (Å²) >= 11 is 1.03. The van der Waals surface area contributed by atoms with Gasteiger partial charge in [-0.1, -0.05) is 49.9 Å². The molecule has 1 atom stereocenters. The lowest BCUT2D eigenvalue weighted by Crippen LogP contribution is -2.25. The number of benzene rings is 3. The van der Waals surface area contributed by atoms with Gasteiger partial charge in [0, 0.05) is 19.7 Å². The lowest BCUT2D eigenvalue weighted by Gasteiger charge is -2.14. The number of fused-ring (bicyclic) bond motifs is 1. The van der Waals surface area contributed by atoms with Gasteiger partial charge in [-0.3, -0.25) is 14.9 Å². The highest BCUT2D eigenvalue weighted by Gasteiger charge is 2.31. The zero-order chi connectivity index (χ0) is 26.6. The topological polar surface area (TPSA) is 94.5 Å². The Morgan fingerprint density at radius 1 is 1.05 bits per heavy atom. The Morgan fingerprint density at radius 3 is 2.55 bits per heavy atom. The fraction of sp³-hybridized carbons (Fsp3) is 0.276. The van der Waals surface area contributed by atoms with Crippen molar-refractivity contribution >= 4 is 39.6 Å². The number of thioether (sulfide) groups is 1. The van der Waals surface area contributed by atoms with Crippen LogP contribution in [0.2, 0.25) is 0 Å². The highest BCUT2D eigenvalue weighted by Crippen LogP contribution is 2.31. The van der Waals surface area contributed by atoms with Crippen molar-refractivity contribution < 1.29 is 19.1 Å². The van der Waals surface area contributed by atoms with Gasteiger partial charge >= 0.3 is 0 Å². The third-order valence-corrected chi connectivity index (χ3v) is 7.22. The van der Waals surface area contributed by atoms with E-state index in [1.54, 1.807) is 0 Å². The molecule has 1 aliphatic heterocycles. The van der Waals surface area contributed by atoms with Crippen molar-refractivity contribution in [1.82, 2.24) is 14.9 Å². The van der Waals surface area contributed by atoms with E-state index in [2.05, 4.69) is 24.5 Å². The second-order valence-electron chi connectivity index (χ2n) is 9.63. The van der Waals surface area contributed by atoms with Crippen LogP contribution in [0.5, 0.6) is 17.2 Å². The predicted octanol–water partition coefficient (Wildman–Crippen LogP) is 5.91. The summed E-state index contributed by atoms with van der Waals surface area (Å²) in [6.07, 6.45) is 0.496. The average Bonchev–Trinajstić information content (AvgIpc) is 3.39. The molecule has 196 valence electrons. The second-order valence-corrected chi connectivity index (χ2v) is 10.8. The highest BCUT2D eigenvalue weighted by molar-refractivity contribution is 8.15. The lowest BCUT2D eigenvalue weighted by molar-refractivity contribution is -0.118.